The Balaban J connectivity index is 1.81. The Hall–Kier alpha value is -0.730. The Kier molecular flexibility index (Phi) is 5.53. The molecule has 1 aromatic rings. The molecule has 2 rings (SSSR count). The number of hydrogen-bond donors (Lipinski definition) is 0. The zero-order valence-electron chi connectivity index (χ0n) is 12.0. The van der Waals surface area contributed by atoms with E-state index in [9.17, 15) is 0 Å². The van der Waals surface area contributed by atoms with Crippen LogP contribution >= 0.6 is 11.6 Å². The van der Waals surface area contributed by atoms with Gasteiger partial charge in [0.25, 0.3) is 0 Å². The van der Waals surface area contributed by atoms with Gasteiger partial charge in [0, 0.05) is 0 Å². The first-order chi connectivity index (χ1) is 9.15. The number of ether oxygens (including phenoxy) is 1. The highest BCUT2D eigenvalue weighted by Crippen LogP contribution is 2.27. The van der Waals surface area contributed by atoms with Crippen LogP contribution in [0.2, 0.25) is 5.02 Å². The fourth-order valence-electron chi connectivity index (χ4n) is 2.56. The van der Waals surface area contributed by atoms with Crippen molar-refractivity contribution in [2.45, 2.75) is 45.6 Å². The Morgan fingerprint density at radius 1 is 1.26 bits per heavy atom. The average molecular weight is 282 g/mol. The number of likely N-dealkylation sites (tertiary alicyclic amines) is 1. The van der Waals surface area contributed by atoms with E-state index in [1.165, 1.54) is 44.5 Å². The third-order valence-electron chi connectivity index (χ3n) is 3.50. The van der Waals surface area contributed by atoms with Crippen molar-refractivity contribution < 1.29 is 4.74 Å². The lowest BCUT2D eigenvalue weighted by Gasteiger charge is -2.15. The summed E-state index contributed by atoms with van der Waals surface area (Å²) in [5.41, 5.74) is 1.31. The third kappa shape index (κ3) is 4.70. The summed E-state index contributed by atoms with van der Waals surface area (Å²) in [6.45, 7) is 7.80. The predicted octanol–water partition coefficient (Wildman–Crippen LogP) is 4.16. The van der Waals surface area contributed by atoms with Crippen molar-refractivity contribution in [1.29, 1.82) is 0 Å². The third-order valence-corrected chi connectivity index (χ3v) is 3.79. The topological polar surface area (TPSA) is 12.5 Å². The summed E-state index contributed by atoms with van der Waals surface area (Å²) in [4.78, 5) is 2.55. The SMILES string of the molecule is CC(C)Oc1ccc(CCCN2CCCC2)cc1Cl. The van der Waals surface area contributed by atoms with E-state index in [4.69, 9.17) is 16.3 Å². The van der Waals surface area contributed by atoms with E-state index in [0.29, 0.717) is 0 Å². The highest BCUT2D eigenvalue weighted by Gasteiger charge is 2.11. The van der Waals surface area contributed by atoms with E-state index >= 15 is 0 Å². The van der Waals surface area contributed by atoms with Crippen LogP contribution in [0.1, 0.15) is 38.7 Å². The van der Waals surface area contributed by atoms with Crippen LogP contribution in [0.4, 0.5) is 0 Å². The minimum absolute atomic E-state index is 0.165. The summed E-state index contributed by atoms with van der Waals surface area (Å²) in [6, 6.07) is 6.17. The monoisotopic (exact) mass is 281 g/mol. The van der Waals surface area contributed by atoms with Crippen LogP contribution < -0.4 is 4.74 Å². The first-order valence-electron chi connectivity index (χ1n) is 7.32. The van der Waals surface area contributed by atoms with Crippen molar-refractivity contribution in [1.82, 2.24) is 4.90 Å². The van der Waals surface area contributed by atoms with Gasteiger partial charge in [0.1, 0.15) is 5.75 Å². The van der Waals surface area contributed by atoms with E-state index in [2.05, 4.69) is 11.0 Å². The quantitative estimate of drug-likeness (QED) is 0.776. The molecule has 0 N–H and O–H groups in total. The maximum Gasteiger partial charge on any atom is 0.138 e. The highest BCUT2D eigenvalue weighted by atomic mass is 35.5. The van der Waals surface area contributed by atoms with E-state index in [-0.39, 0.29) is 6.10 Å². The molecule has 0 amide bonds. The molecular formula is C16H24ClNO. The van der Waals surface area contributed by atoms with Gasteiger partial charge in [-0.15, -0.1) is 0 Å². The van der Waals surface area contributed by atoms with Crippen LogP contribution in [0.15, 0.2) is 18.2 Å². The minimum atomic E-state index is 0.165. The molecule has 1 fully saturated rings. The maximum absolute atomic E-state index is 6.24. The lowest BCUT2D eigenvalue weighted by molar-refractivity contribution is 0.242. The second kappa shape index (κ2) is 7.16. The van der Waals surface area contributed by atoms with Gasteiger partial charge in [0.2, 0.25) is 0 Å². The number of nitrogens with zero attached hydrogens (tertiary/aromatic N) is 1. The molecule has 1 aliphatic rings. The van der Waals surface area contributed by atoms with Gasteiger partial charge in [0.15, 0.2) is 0 Å². The summed E-state index contributed by atoms with van der Waals surface area (Å²) in [6.07, 6.45) is 5.21. The van der Waals surface area contributed by atoms with Crippen LogP contribution in [-0.4, -0.2) is 30.6 Å². The molecule has 1 aromatic carbocycles. The molecule has 0 atom stereocenters. The zero-order chi connectivity index (χ0) is 13.7. The number of rotatable bonds is 6. The molecule has 0 saturated carbocycles. The van der Waals surface area contributed by atoms with Gasteiger partial charge in [-0.25, -0.2) is 0 Å². The standard InChI is InChI=1S/C16H24ClNO/c1-13(2)19-16-8-7-14(12-15(16)17)6-5-11-18-9-3-4-10-18/h7-8,12-13H,3-6,9-11H2,1-2H3. The van der Waals surface area contributed by atoms with Crippen molar-refractivity contribution >= 4 is 11.6 Å². The minimum Gasteiger partial charge on any atom is -0.489 e. The molecule has 0 spiro atoms. The molecule has 1 heterocycles. The Morgan fingerprint density at radius 2 is 2.00 bits per heavy atom. The molecular weight excluding hydrogens is 258 g/mol. The molecule has 0 aliphatic carbocycles. The molecule has 3 heteroatoms. The summed E-state index contributed by atoms with van der Waals surface area (Å²) < 4.78 is 5.65. The van der Waals surface area contributed by atoms with Gasteiger partial charge in [0.05, 0.1) is 11.1 Å². The Morgan fingerprint density at radius 3 is 2.63 bits per heavy atom. The summed E-state index contributed by atoms with van der Waals surface area (Å²) in [5.74, 6) is 0.792. The van der Waals surface area contributed by atoms with E-state index in [0.717, 1.165) is 17.2 Å². The van der Waals surface area contributed by atoms with Gasteiger partial charge >= 0.3 is 0 Å². The van der Waals surface area contributed by atoms with E-state index in [1.807, 2.05) is 26.0 Å². The van der Waals surface area contributed by atoms with Crippen molar-refractivity contribution in [2.24, 2.45) is 0 Å². The number of benzene rings is 1. The van der Waals surface area contributed by atoms with Crippen LogP contribution in [0, 0.1) is 0 Å². The summed E-state index contributed by atoms with van der Waals surface area (Å²) >= 11 is 6.24. The first kappa shape index (κ1) is 14.7. The molecule has 19 heavy (non-hydrogen) atoms. The summed E-state index contributed by atoms with van der Waals surface area (Å²) in [5, 5.41) is 0.729. The molecule has 1 saturated heterocycles. The Labute approximate surface area is 121 Å². The molecule has 0 unspecified atom stereocenters. The lowest BCUT2D eigenvalue weighted by Crippen LogP contribution is -2.20. The van der Waals surface area contributed by atoms with Crippen molar-refractivity contribution in [3.63, 3.8) is 0 Å². The van der Waals surface area contributed by atoms with Crippen molar-refractivity contribution in [3.05, 3.63) is 28.8 Å². The fraction of sp³-hybridized carbons (Fsp3) is 0.625. The number of hydrogen-bond acceptors (Lipinski definition) is 2. The van der Waals surface area contributed by atoms with Gasteiger partial charge < -0.3 is 9.64 Å². The van der Waals surface area contributed by atoms with Crippen LogP contribution in [-0.2, 0) is 6.42 Å². The fourth-order valence-corrected chi connectivity index (χ4v) is 2.81. The van der Waals surface area contributed by atoms with E-state index in [1.54, 1.807) is 0 Å². The van der Waals surface area contributed by atoms with Crippen molar-refractivity contribution in [2.75, 3.05) is 19.6 Å². The maximum atomic E-state index is 6.24. The van der Waals surface area contributed by atoms with Crippen LogP contribution in [0.5, 0.6) is 5.75 Å². The smallest absolute Gasteiger partial charge is 0.138 e. The van der Waals surface area contributed by atoms with Gasteiger partial charge in [-0.05, 0) is 76.9 Å². The van der Waals surface area contributed by atoms with E-state index < -0.39 is 0 Å². The number of halogens is 1. The molecule has 106 valence electrons. The summed E-state index contributed by atoms with van der Waals surface area (Å²) in [7, 11) is 0. The molecule has 0 radical (unpaired) electrons. The second-order valence-corrected chi connectivity index (χ2v) is 5.99. The molecule has 2 nitrogen and oxygen atoms in total. The molecule has 0 aromatic heterocycles. The second-order valence-electron chi connectivity index (χ2n) is 5.58. The zero-order valence-corrected chi connectivity index (χ0v) is 12.7. The number of aryl methyl sites for hydroxylation is 1. The van der Waals surface area contributed by atoms with Gasteiger partial charge in [-0.1, -0.05) is 17.7 Å². The van der Waals surface area contributed by atoms with Crippen LogP contribution in [0.25, 0.3) is 0 Å². The normalized spacial score (nSPS) is 16.2. The average Bonchev–Trinajstić information content (AvgIpc) is 2.85. The molecule has 1 aliphatic heterocycles. The molecule has 0 bridgehead atoms. The van der Waals surface area contributed by atoms with Crippen molar-refractivity contribution in [3.8, 4) is 5.75 Å². The predicted molar refractivity (Wildman–Crippen MR) is 81.2 cm³/mol. The van der Waals surface area contributed by atoms with Gasteiger partial charge in [-0.2, -0.15) is 0 Å². The van der Waals surface area contributed by atoms with Crippen LogP contribution in [0.3, 0.4) is 0 Å². The van der Waals surface area contributed by atoms with Gasteiger partial charge in [-0.3, -0.25) is 0 Å². The lowest BCUT2D eigenvalue weighted by atomic mass is 10.1. The highest BCUT2D eigenvalue weighted by molar-refractivity contribution is 6.32. The first-order valence-corrected chi connectivity index (χ1v) is 7.70. The Bertz CT molecular complexity index is 400. The largest absolute Gasteiger partial charge is 0.489 e.